The van der Waals surface area contributed by atoms with Crippen molar-refractivity contribution in [2.24, 2.45) is 11.3 Å². The van der Waals surface area contributed by atoms with Crippen molar-refractivity contribution in [1.82, 2.24) is 0 Å². The van der Waals surface area contributed by atoms with Crippen LogP contribution in [0.25, 0.3) is 0 Å². The summed E-state index contributed by atoms with van der Waals surface area (Å²) >= 11 is 0. The third-order valence-corrected chi connectivity index (χ3v) is 3.48. The Morgan fingerprint density at radius 3 is 2.67 bits per heavy atom. The van der Waals surface area contributed by atoms with Crippen molar-refractivity contribution in [3.8, 4) is 0 Å². The van der Waals surface area contributed by atoms with Gasteiger partial charge in [0, 0.05) is 6.42 Å². The van der Waals surface area contributed by atoms with Gasteiger partial charge in [0.1, 0.15) is 0 Å². The van der Waals surface area contributed by atoms with E-state index >= 15 is 0 Å². The summed E-state index contributed by atoms with van der Waals surface area (Å²) in [7, 11) is 0. The van der Waals surface area contributed by atoms with Crippen LogP contribution in [-0.2, 0) is 4.79 Å². The topological polar surface area (TPSA) is 17.1 Å². The Kier molecular flexibility index (Phi) is 1.48. The molecule has 1 atom stereocenters. The molecule has 2 rings (SSSR count). The average Bonchev–Trinajstić information content (AvgIpc) is 2.38. The third kappa shape index (κ3) is 0.886. The second-order valence-electron chi connectivity index (χ2n) is 4.87. The lowest BCUT2D eigenvalue weighted by molar-refractivity contribution is -0.115. The maximum atomic E-state index is 11.6. The minimum Gasteiger partial charge on any atom is -0.295 e. The van der Waals surface area contributed by atoms with Crippen molar-refractivity contribution in [2.75, 3.05) is 0 Å². The highest BCUT2D eigenvalue weighted by atomic mass is 16.1. The van der Waals surface area contributed by atoms with Crippen LogP contribution in [0.2, 0.25) is 0 Å². The summed E-state index contributed by atoms with van der Waals surface area (Å²) in [6.45, 7) is 6.57. The largest absolute Gasteiger partial charge is 0.295 e. The van der Waals surface area contributed by atoms with Gasteiger partial charge in [0.15, 0.2) is 5.78 Å². The Bertz CT molecular complexity index is 271. The molecule has 1 nitrogen and oxygen atoms in total. The summed E-state index contributed by atoms with van der Waals surface area (Å²) in [4.78, 5) is 11.6. The molecule has 12 heavy (non-hydrogen) atoms. The van der Waals surface area contributed by atoms with Crippen molar-refractivity contribution in [3.63, 3.8) is 0 Å². The minimum absolute atomic E-state index is 0.240. The second kappa shape index (κ2) is 2.21. The molecule has 2 aliphatic rings. The number of rotatable bonds is 0. The van der Waals surface area contributed by atoms with Gasteiger partial charge in [0.2, 0.25) is 0 Å². The Labute approximate surface area is 73.8 Å². The number of allylic oxidation sites excluding steroid dienone is 2. The van der Waals surface area contributed by atoms with Crippen LogP contribution in [0.5, 0.6) is 0 Å². The van der Waals surface area contributed by atoms with E-state index in [9.17, 15) is 4.79 Å². The Morgan fingerprint density at radius 1 is 1.42 bits per heavy atom. The first-order valence-electron chi connectivity index (χ1n) is 4.75. The van der Waals surface area contributed by atoms with Gasteiger partial charge in [-0.3, -0.25) is 4.79 Å². The van der Waals surface area contributed by atoms with Crippen LogP contribution in [0.4, 0.5) is 0 Å². The zero-order valence-corrected chi connectivity index (χ0v) is 8.11. The van der Waals surface area contributed by atoms with Gasteiger partial charge in [-0.05, 0) is 36.7 Å². The fourth-order valence-corrected chi connectivity index (χ4v) is 2.78. The highest BCUT2D eigenvalue weighted by Crippen LogP contribution is 2.51. The molecule has 0 aromatic heterocycles. The lowest BCUT2D eigenvalue weighted by atomic mass is 9.80. The summed E-state index contributed by atoms with van der Waals surface area (Å²) in [6, 6.07) is 0. The van der Waals surface area contributed by atoms with E-state index in [-0.39, 0.29) is 5.41 Å². The van der Waals surface area contributed by atoms with E-state index in [1.165, 1.54) is 17.6 Å². The van der Waals surface area contributed by atoms with Crippen LogP contribution < -0.4 is 0 Å². The normalized spacial score (nSPS) is 32.9. The van der Waals surface area contributed by atoms with Gasteiger partial charge in [-0.15, -0.1) is 0 Å². The molecule has 0 aromatic rings. The zero-order chi connectivity index (χ0) is 8.93. The zero-order valence-electron chi connectivity index (χ0n) is 8.11. The monoisotopic (exact) mass is 164 g/mol. The van der Waals surface area contributed by atoms with E-state index in [4.69, 9.17) is 0 Å². The van der Waals surface area contributed by atoms with E-state index in [0.717, 1.165) is 12.8 Å². The fourth-order valence-electron chi connectivity index (χ4n) is 2.78. The predicted molar refractivity (Wildman–Crippen MR) is 48.8 cm³/mol. The van der Waals surface area contributed by atoms with Gasteiger partial charge in [-0.2, -0.15) is 0 Å². The summed E-state index contributed by atoms with van der Waals surface area (Å²) in [5.41, 5.74) is 2.78. The van der Waals surface area contributed by atoms with Crippen LogP contribution in [0.1, 0.15) is 40.0 Å². The van der Waals surface area contributed by atoms with Crippen LogP contribution in [0.3, 0.4) is 0 Å². The Balaban J connectivity index is 2.45. The third-order valence-electron chi connectivity index (χ3n) is 3.48. The lowest BCUT2D eigenvalue weighted by Gasteiger charge is -2.23. The Hall–Kier alpha value is -0.590. The molecule has 0 N–H and O–H groups in total. The van der Waals surface area contributed by atoms with Gasteiger partial charge in [0.25, 0.3) is 0 Å². The van der Waals surface area contributed by atoms with Gasteiger partial charge >= 0.3 is 0 Å². The molecule has 2 aliphatic carbocycles. The van der Waals surface area contributed by atoms with Gasteiger partial charge in [-0.25, -0.2) is 0 Å². The lowest BCUT2D eigenvalue weighted by Crippen LogP contribution is -2.15. The van der Waals surface area contributed by atoms with Crippen molar-refractivity contribution in [3.05, 3.63) is 11.1 Å². The molecule has 0 saturated heterocycles. The van der Waals surface area contributed by atoms with Crippen molar-refractivity contribution < 1.29 is 4.79 Å². The minimum atomic E-state index is 0.240. The predicted octanol–water partition coefficient (Wildman–Crippen LogP) is 2.71. The fraction of sp³-hybridized carbons (Fsp3) is 0.727. The second-order valence-corrected chi connectivity index (χ2v) is 4.87. The number of ketones is 1. The first-order valence-corrected chi connectivity index (χ1v) is 4.75. The molecule has 66 valence electrons. The molecule has 0 aromatic carbocycles. The molecule has 1 saturated carbocycles. The molecule has 0 bridgehead atoms. The molecule has 1 heteroatoms. The standard InChI is InChI=1S/C11H16O/c1-7-4-5-8-10(7)9(12)6-11(8,2)3/h8H,4-6H2,1-3H3/t8-/m0/s1. The molecular formula is C11H16O. The quantitative estimate of drug-likeness (QED) is 0.538. The molecular weight excluding hydrogens is 148 g/mol. The Morgan fingerprint density at radius 2 is 2.08 bits per heavy atom. The maximum absolute atomic E-state index is 11.6. The maximum Gasteiger partial charge on any atom is 0.159 e. The summed E-state index contributed by atoms with van der Waals surface area (Å²) in [6.07, 6.45) is 3.12. The number of carbonyl (C=O) groups excluding carboxylic acids is 1. The summed E-state index contributed by atoms with van der Waals surface area (Å²) < 4.78 is 0. The smallest absolute Gasteiger partial charge is 0.159 e. The van der Waals surface area contributed by atoms with E-state index < -0.39 is 0 Å². The first kappa shape index (κ1) is 8.03. The van der Waals surface area contributed by atoms with Crippen LogP contribution >= 0.6 is 0 Å². The molecule has 0 radical (unpaired) electrons. The SMILES string of the molecule is CC1=C2C(=O)CC(C)(C)[C@H]2CC1. The van der Waals surface area contributed by atoms with Crippen LogP contribution in [-0.4, -0.2) is 5.78 Å². The van der Waals surface area contributed by atoms with Crippen molar-refractivity contribution in [1.29, 1.82) is 0 Å². The molecule has 1 fully saturated rings. The van der Waals surface area contributed by atoms with Crippen LogP contribution in [0.15, 0.2) is 11.1 Å². The number of hydrogen-bond acceptors (Lipinski definition) is 1. The van der Waals surface area contributed by atoms with E-state index in [1.807, 2.05) is 0 Å². The van der Waals surface area contributed by atoms with Gasteiger partial charge < -0.3 is 0 Å². The molecule has 0 unspecified atom stereocenters. The highest BCUT2D eigenvalue weighted by Gasteiger charge is 2.46. The molecule has 0 heterocycles. The summed E-state index contributed by atoms with van der Waals surface area (Å²) in [5, 5.41) is 0. The van der Waals surface area contributed by atoms with Crippen molar-refractivity contribution in [2.45, 2.75) is 40.0 Å². The first-order chi connectivity index (χ1) is 5.52. The van der Waals surface area contributed by atoms with E-state index in [1.54, 1.807) is 0 Å². The molecule has 0 amide bonds. The number of hydrogen-bond donors (Lipinski definition) is 0. The van der Waals surface area contributed by atoms with Crippen LogP contribution in [0, 0.1) is 11.3 Å². The number of carbonyl (C=O) groups is 1. The number of Topliss-reactive ketones (excluding diaryl/α,β-unsaturated/α-hetero) is 1. The van der Waals surface area contributed by atoms with E-state index in [2.05, 4.69) is 20.8 Å². The summed E-state index contributed by atoms with van der Waals surface area (Å²) in [5.74, 6) is 0.991. The average molecular weight is 164 g/mol. The van der Waals surface area contributed by atoms with Gasteiger partial charge in [-0.1, -0.05) is 19.4 Å². The highest BCUT2D eigenvalue weighted by molar-refractivity contribution is 6.00. The van der Waals surface area contributed by atoms with E-state index in [0.29, 0.717) is 11.7 Å². The van der Waals surface area contributed by atoms with Crippen molar-refractivity contribution >= 4 is 5.78 Å². The molecule has 0 spiro atoms. The van der Waals surface area contributed by atoms with Gasteiger partial charge in [0.05, 0.1) is 0 Å². The molecule has 0 aliphatic heterocycles. The number of fused-ring (bicyclic) bond motifs is 1.